The summed E-state index contributed by atoms with van der Waals surface area (Å²) >= 11 is 0. The first kappa shape index (κ1) is 16.1. The Morgan fingerprint density at radius 1 is 1.19 bits per heavy atom. The summed E-state index contributed by atoms with van der Waals surface area (Å²) in [7, 11) is 0. The summed E-state index contributed by atoms with van der Waals surface area (Å²) in [5.41, 5.74) is 0. The molecule has 2 atom stereocenters. The van der Waals surface area contributed by atoms with Gasteiger partial charge in [0.15, 0.2) is 0 Å². The molecule has 21 heavy (non-hydrogen) atoms. The van der Waals surface area contributed by atoms with Crippen LogP contribution in [0.15, 0.2) is 0 Å². The van der Waals surface area contributed by atoms with Crippen LogP contribution in [-0.4, -0.2) is 66.3 Å². The van der Waals surface area contributed by atoms with E-state index in [-0.39, 0.29) is 18.4 Å². The van der Waals surface area contributed by atoms with Crippen LogP contribution < -0.4 is 0 Å². The number of hydrogen-bond donors (Lipinski definition) is 1. The molecule has 2 rings (SSSR count). The molecule has 0 bridgehead atoms. The summed E-state index contributed by atoms with van der Waals surface area (Å²) in [5.74, 6) is -0.344. The fraction of sp³-hybridized carbons (Fsp3) is 0.867. The van der Waals surface area contributed by atoms with E-state index in [1.165, 1.54) is 0 Å². The maximum absolute atomic E-state index is 12.6. The van der Waals surface area contributed by atoms with Crippen molar-refractivity contribution in [1.82, 2.24) is 9.80 Å². The highest BCUT2D eigenvalue weighted by Gasteiger charge is 2.30. The number of piperidine rings is 1. The molecule has 2 aliphatic rings. The van der Waals surface area contributed by atoms with Crippen molar-refractivity contribution in [3.63, 3.8) is 0 Å². The van der Waals surface area contributed by atoms with Gasteiger partial charge in [-0.05, 0) is 31.1 Å². The topological polar surface area (TPSA) is 70.1 Å². The number of carboxylic acids is 1. The van der Waals surface area contributed by atoms with Crippen molar-refractivity contribution in [2.75, 3.05) is 39.4 Å². The van der Waals surface area contributed by atoms with E-state index in [9.17, 15) is 9.59 Å². The molecule has 2 fully saturated rings. The Morgan fingerprint density at radius 2 is 1.95 bits per heavy atom. The van der Waals surface area contributed by atoms with E-state index in [1.54, 1.807) is 0 Å². The van der Waals surface area contributed by atoms with Crippen LogP contribution in [0.4, 0.5) is 4.79 Å². The number of urea groups is 1. The van der Waals surface area contributed by atoms with Gasteiger partial charge >= 0.3 is 12.0 Å². The monoisotopic (exact) mass is 298 g/mol. The Kier molecular flexibility index (Phi) is 5.85. The van der Waals surface area contributed by atoms with E-state index in [0.29, 0.717) is 25.6 Å². The van der Waals surface area contributed by atoms with Crippen LogP contribution in [0.2, 0.25) is 0 Å². The number of rotatable bonds is 3. The molecule has 2 unspecified atom stereocenters. The zero-order chi connectivity index (χ0) is 15.2. The third-order valence-corrected chi connectivity index (χ3v) is 4.52. The van der Waals surface area contributed by atoms with Gasteiger partial charge in [-0.15, -0.1) is 0 Å². The van der Waals surface area contributed by atoms with Gasteiger partial charge in [0.25, 0.3) is 0 Å². The first-order chi connectivity index (χ1) is 10.1. The molecule has 6 heteroatoms. The summed E-state index contributed by atoms with van der Waals surface area (Å²) in [6.45, 7) is 6.19. The molecule has 2 heterocycles. The van der Waals surface area contributed by atoms with Gasteiger partial charge in [-0.1, -0.05) is 6.92 Å². The van der Waals surface area contributed by atoms with Crippen molar-refractivity contribution < 1.29 is 19.4 Å². The molecule has 0 saturated carbocycles. The molecule has 0 radical (unpaired) electrons. The number of carbonyl (C=O) groups is 2. The molecule has 120 valence electrons. The lowest BCUT2D eigenvalue weighted by Gasteiger charge is -2.38. The van der Waals surface area contributed by atoms with Crippen molar-refractivity contribution in [3.05, 3.63) is 0 Å². The normalized spacial score (nSPS) is 25.3. The third-order valence-electron chi connectivity index (χ3n) is 4.52. The summed E-state index contributed by atoms with van der Waals surface area (Å²) in [6.07, 6.45) is 3.05. The highest BCUT2D eigenvalue weighted by molar-refractivity contribution is 5.74. The number of amides is 2. The average molecular weight is 298 g/mol. The van der Waals surface area contributed by atoms with Crippen LogP contribution in [0, 0.1) is 11.8 Å². The fourth-order valence-electron chi connectivity index (χ4n) is 3.23. The second-order valence-corrected chi connectivity index (χ2v) is 6.16. The van der Waals surface area contributed by atoms with Crippen LogP contribution in [0.25, 0.3) is 0 Å². The molecule has 2 aliphatic heterocycles. The number of aliphatic carboxylic acids is 1. The Bertz CT molecular complexity index is 367. The quantitative estimate of drug-likeness (QED) is 0.860. The van der Waals surface area contributed by atoms with Crippen LogP contribution >= 0.6 is 0 Å². The summed E-state index contributed by atoms with van der Waals surface area (Å²) in [6, 6.07) is 0.0905. The Labute approximate surface area is 126 Å². The van der Waals surface area contributed by atoms with Gasteiger partial charge in [-0.3, -0.25) is 4.79 Å². The standard InChI is InChI=1S/C15H26N2O4/c1-12(10-14(18)19)13-4-2-5-17(11-13)15(20)16-6-3-8-21-9-7-16/h12-13H,2-11H2,1H3,(H,18,19). The fourth-order valence-corrected chi connectivity index (χ4v) is 3.23. The average Bonchev–Trinajstić information content (AvgIpc) is 2.75. The van der Waals surface area contributed by atoms with E-state index in [2.05, 4.69) is 0 Å². The minimum absolute atomic E-state index is 0.0905. The van der Waals surface area contributed by atoms with Crippen molar-refractivity contribution in [3.8, 4) is 0 Å². The van der Waals surface area contributed by atoms with Gasteiger partial charge < -0.3 is 19.6 Å². The zero-order valence-electron chi connectivity index (χ0n) is 12.8. The molecule has 6 nitrogen and oxygen atoms in total. The predicted octanol–water partition coefficient (Wildman–Crippen LogP) is 1.65. The second-order valence-electron chi connectivity index (χ2n) is 6.16. The number of ether oxygens (including phenoxy) is 1. The highest BCUT2D eigenvalue weighted by Crippen LogP contribution is 2.26. The van der Waals surface area contributed by atoms with Gasteiger partial charge in [-0.2, -0.15) is 0 Å². The number of carboxylic acid groups (broad SMARTS) is 1. The molecule has 0 aliphatic carbocycles. The van der Waals surface area contributed by atoms with E-state index in [1.807, 2.05) is 16.7 Å². The maximum atomic E-state index is 12.6. The van der Waals surface area contributed by atoms with Gasteiger partial charge in [0.2, 0.25) is 0 Å². The molecular formula is C15H26N2O4. The smallest absolute Gasteiger partial charge is 0.320 e. The lowest BCUT2D eigenvalue weighted by molar-refractivity contribution is -0.138. The number of carbonyl (C=O) groups excluding carboxylic acids is 1. The van der Waals surface area contributed by atoms with Gasteiger partial charge in [0.05, 0.1) is 6.61 Å². The summed E-state index contributed by atoms with van der Waals surface area (Å²) < 4.78 is 5.39. The van der Waals surface area contributed by atoms with Gasteiger partial charge in [0, 0.05) is 39.2 Å². The highest BCUT2D eigenvalue weighted by atomic mass is 16.5. The van der Waals surface area contributed by atoms with E-state index < -0.39 is 5.97 Å². The van der Waals surface area contributed by atoms with Crippen LogP contribution in [0.3, 0.4) is 0 Å². The minimum Gasteiger partial charge on any atom is -0.481 e. The first-order valence-corrected chi connectivity index (χ1v) is 7.91. The molecule has 0 spiro atoms. The molecule has 2 amide bonds. The second kappa shape index (κ2) is 7.64. The number of nitrogens with zero attached hydrogens (tertiary/aromatic N) is 2. The van der Waals surface area contributed by atoms with Crippen molar-refractivity contribution >= 4 is 12.0 Å². The van der Waals surface area contributed by atoms with E-state index in [0.717, 1.165) is 39.0 Å². The zero-order valence-corrected chi connectivity index (χ0v) is 12.8. The molecule has 0 aromatic rings. The van der Waals surface area contributed by atoms with Crippen LogP contribution in [-0.2, 0) is 9.53 Å². The summed E-state index contributed by atoms with van der Waals surface area (Å²) in [4.78, 5) is 27.2. The molecule has 1 N–H and O–H groups in total. The molecule has 2 saturated heterocycles. The molecular weight excluding hydrogens is 272 g/mol. The summed E-state index contributed by atoms with van der Waals surface area (Å²) in [5, 5.41) is 8.92. The third kappa shape index (κ3) is 4.59. The van der Waals surface area contributed by atoms with E-state index in [4.69, 9.17) is 9.84 Å². The Hall–Kier alpha value is -1.30. The van der Waals surface area contributed by atoms with Crippen LogP contribution in [0.5, 0.6) is 0 Å². The lowest BCUT2D eigenvalue weighted by atomic mass is 9.85. The van der Waals surface area contributed by atoms with Crippen molar-refractivity contribution in [1.29, 1.82) is 0 Å². The predicted molar refractivity (Wildman–Crippen MR) is 78.1 cm³/mol. The lowest BCUT2D eigenvalue weighted by Crippen LogP contribution is -2.49. The minimum atomic E-state index is -0.754. The Morgan fingerprint density at radius 3 is 2.71 bits per heavy atom. The first-order valence-electron chi connectivity index (χ1n) is 7.91. The van der Waals surface area contributed by atoms with Crippen molar-refractivity contribution in [2.24, 2.45) is 11.8 Å². The number of hydrogen-bond acceptors (Lipinski definition) is 3. The largest absolute Gasteiger partial charge is 0.481 e. The van der Waals surface area contributed by atoms with Gasteiger partial charge in [0.1, 0.15) is 0 Å². The van der Waals surface area contributed by atoms with Crippen molar-refractivity contribution in [2.45, 2.75) is 32.6 Å². The molecule has 0 aromatic heterocycles. The van der Waals surface area contributed by atoms with E-state index >= 15 is 0 Å². The maximum Gasteiger partial charge on any atom is 0.320 e. The number of likely N-dealkylation sites (tertiary alicyclic amines) is 1. The molecule has 0 aromatic carbocycles. The SMILES string of the molecule is CC(CC(=O)O)C1CCCN(C(=O)N2CCCOCC2)C1. The Balaban J connectivity index is 1.90. The van der Waals surface area contributed by atoms with Gasteiger partial charge in [-0.25, -0.2) is 4.79 Å². The van der Waals surface area contributed by atoms with Crippen LogP contribution in [0.1, 0.15) is 32.6 Å².